The molecular formula is C66H38N8. The van der Waals surface area contributed by atoms with Crippen molar-refractivity contribution in [1.29, 1.82) is 15.8 Å². The number of hydrogen-bond acceptors (Lipinski definition) is 6. The molecular weight excluding hydrogens is 905 g/mol. The number of nitriles is 3. The van der Waals surface area contributed by atoms with Crippen LogP contribution in [0.2, 0.25) is 0 Å². The molecule has 0 aliphatic carbocycles. The van der Waals surface area contributed by atoms with Gasteiger partial charge in [-0.1, -0.05) is 164 Å². The third kappa shape index (κ3) is 7.17. The van der Waals surface area contributed by atoms with Gasteiger partial charge < -0.3 is 9.13 Å². The maximum Gasteiger partial charge on any atom is 0.166 e. The van der Waals surface area contributed by atoms with Crippen LogP contribution in [0.15, 0.2) is 231 Å². The second kappa shape index (κ2) is 17.9. The van der Waals surface area contributed by atoms with Gasteiger partial charge >= 0.3 is 0 Å². The van der Waals surface area contributed by atoms with Gasteiger partial charge in [-0.25, -0.2) is 15.0 Å². The lowest BCUT2D eigenvalue weighted by molar-refractivity contribution is 1.06. The normalized spacial score (nSPS) is 11.2. The fourth-order valence-electron chi connectivity index (χ4n) is 10.6. The Morgan fingerprint density at radius 2 is 0.568 bits per heavy atom. The summed E-state index contributed by atoms with van der Waals surface area (Å²) in [5.74, 6) is 1.32. The van der Waals surface area contributed by atoms with E-state index in [4.69, 9.17) is 15.0 Å². The Balaban J connectivity index is 1.12. The third-order valence-electron chi connectivity index (χ3n) is 14.0. The molecule has 0 radical (unpaired) electrons. The van der Waals surface area contributed by atoms with E-state index in [1.807, 2.05) is 109 Å². The molecule has 13 aromatic rings. The summed E-state index contributed by atoms with van der Waals surface area (Å²) in [5, 5.41) is 35.1. The highest BCUT2D eigenvalue weighted by Gasteiger charge is 2.24. The SMILES string of the molecule is N#Cc1ccccc1-c1ccc(-c2nc(-c3ccc(-c4ccccc4C#N)cc3-n3c4ccccc4c4ccccc43)nc(-c3ccc(-c4ccccc4C#N)cc3-n3c4ccccc4c4ccccc43)n2)cc1. The number of nitrogens with zero attached hydrogens (tertiary/aromatic N) is 8. The lowest BCUT2D eigenvalue weighted by atomic mass is 9.97. The first-order valence-corrected chi connectivity index (χ1v) is 24.2. The summed E-state index contributed by atoms with van der Waals surface area (Å²) in [5.41, 5.74) is 14.7. The van der Waals surface area contributed by atoms with Crippen LogP contribution in [0.1, 0.15) is 16.7 Å². The van der Waals surface area contributed by atoms with Crippen LogP contribution in [0.25, 0.3) is 123 Å². The van der Waals surface area contributed by atoms with Gasteiger partial charge in [-0.15, -0.1) is 0 Å². The Morgan fingerprint density at radius 1 is 0.270 bits per heavy atom. The minimum atomic E-state index is 0.438. The van der Waals surface area contributed by atoms with Crippen molar-refractivity contribution < 1.29 is 0 Å². The Hall–Kier alpha value is -10.7. The maximum absolute atomic E-state index is 10.3. The Bertz CT molecular complexity index is 4190. The van der Waals surface area contributed by atoms with Crippen LogP contribution in [0, 0.1) is 34.0 Å². The largest absolute Gasteiger partial charge is 0.308 e. The van der Waals surface area contributed by atoms with E-state index in [1.54, 1.807) is 0 Å². The summed E-state index contributed by atoms with van der Waals surface area (Å²) >= 11 is 0. The molecule has 10 aromatic carbocycles. The summed E-state index contributed by atoms with van der Waals surface area (Å²) in [7, 11) is 0. The van der Waals surface area contributed by atoms with E-state index in [0.29, 0.717) is 34.2 Å². The van der Waals surface area contributed by atoms with E-state index in [9.17, 15) is 15.8 Å². The molecule has 0 N–H and O–H groups in total. The number of benzene rings is 10. The molecule has 0 aliphatic heterocycles. The quantitative estimate of drug-likeness (QED) is 0.150. The van der Waals surface area contributed by atoms with Crippen LogP contribution >= 0.6 is 0 Å². The van der Waals surface area contributed by atoms with Crippen molar-refractivity contribution in [3.05, 3.63) is 247 Å². The van der Waals surface area contributed by atoms with Crippen LogP contribution in [-0.2, 0) is 0 Å². The van der Waals surface area contributed by atoms with E-state index in [1.165, 1.54) is 0 Å². The molecule has 0 saturated carbocycles. The minimum absolute atomic E-state index is 0.438. The molecule has 0 amide bonds. The summed E-state index contributed by atoms with van der Waals surface area (Å²) in [6.45, 7) is 0. The molecule has 74 heavy (non-hydrogen) atoms. The van der Waals surface area contributed by atoms with Gasteiger partial charge in [-0.2, -0.15) is 15.8 Å². The lowest BCUT2D eigenvalue weighted by Crippen LogP contribution is -2.06. The van der Waals surface area contributed by atoms with Crippen LogP contribution < -0.4 is 0 Å². The summed E-state index contributed by atoms with van der Waals surface area (Å²) < 4.78 is 4.54. The monoisotopic (exact) mass is 942 g/mol. The van der Waals surface area contributed by atoms with Gasteiger partial charge in [0.1, 0.15) is 0 Å². The van der Waals surface area contributed by atoms with Crippen LogP contribution in [0.4, 0.5) is 0 Å². The zero-order valence-corrected chi connectivity index (χ0v) is 39.5. The molecule has 8 nitrogen and oxygen atoms in total. The first-order valence-electron chi connectivity index (χ1n) is 24.2. The second-order valence-electron chi connectivity index (χ2n) is 18.1. The number of fused-ring (bicyclic) bond motifs is 6. The Labute approximate surface area is 425 Å². The van der Waals surface area contributed by atoms with Crippen molar-refractivity contribution in [1.82, 2.24) is 24.1 Å². The molecule has 3 heterocycles. The molecule has 0 fully saturated rings. The third-order valence-corrected chi connectivity index (χ3v) is 14.0. The predicted octanol–water partition coefficient (Wildman–Crippen LogP) is 15.7. The van der Waals surface area contributed by atoms with E-state index < -0.39 is 0 Å². The van der Waals surface area contributed by atoms with E-state index in [2.05, 4.69) is 149 Å². The van der Waals surface area contributed by atoms with E-state index >= 15 is 0 Å². The Morgan fingerprint density at radius 3 is 0.946 bits per heavy atom. The van der Waals surface area contributed by atoms with Gasteiger partial charge in [-0.05, 0) is 100 Å². The summed E-state index contributed by atoms with van der Waals surface area (Å²) in [6.07, 6.45) is 0. The van der Waals surface area contributed by atoms with Gasteiger partial charge in [0.25, 0.3) is 0 Å². The van der Waals surface area contributed by atoms with E-state index in [-0.39, 0.29) is 0 Å². The van der Waals surface area contributed by atoms with Crippen molar-refractivity contribution >= 4 is 43.6 Å². The molecule has 0 aliphatic rings. The number of hydrogen-bond donors (Lipinski definition) is 0. The standard InChI is InChI=1S/C66H38N8/c67-39-46-15-1-4-18-49(46)42-29-31-43(32-30-42)64-70-65(56-35-33-44(50-19-5-2-16-47(50)40-68)37-62(56)73-58-25-11-7-21-52(58)53-22-8-12-26-59(53)73)72-66(71-64)57-36-34-45(51-20-6-3-17-48(51)41-69)38-63(57)74-60-27-13-9-23-54(60)55-24-10-14-28-61(55)74/h1-38H. The minimum Gasteiger partial charge on any atom is -0.308 e. The van der Waals surface area contributed by atoms with Crippen molar-refractivity contribution in [2.24, 2.45) is 0 Å². The molecule has 0 atom stereocenters. The summed E-state index contributed by atoms with van der Waals surface area (Å²) in [4.78, 5) is 16.3. The Kier molecular flexibility index (Phi) is 10.5. The molecule has 0 bridgehead atoms. The first kappa shape index (κ1) is 43.3. The van der Waals surface area contributed by atoms with Crippen LogP contribution in [-0.4, -0.2) is 24.1 Å². The van der Waals surface area contributed by atoms with Crippen LogP contribution in [0.3, 0.4) is 0 Å². The van der Waals surface area contributed by atoms with E-state index in [0.717, 1.165) is 105 Å². The molecule has 342 valence electrons. The molecule has 0 unspecified atom stereocenters. The average molecular weight is 943 g/mol. The highest BCUT2D eigenvalue weighted by molar-refractivity contribution is 6.11. The highest BCUT2D eigenvalue weighted by Crippen LogP contribution is 2.42. The molecule has 0 saturated heterocycles. The maximum atomic E-state index is 10.3. The molecule has 13 rings (SSSR count). The van der Waals surface area contributed by atoms with Gasteiger partial charge in [0.15, 0.2) is 17.5 Å². The molecule has 8 heteroatoms. The second-order valence-corrected chi connectivity index (χ2v) is 18.1. The number of rotatable bonds is 8. The van der Waals surface area contributed by atoms with Gasteiger partial charge in [-0.3, -0.25) is 0 Å². The molecule has 0 spiro atoms. The number of para-hydroxylation sites is 4. The number of aromatic nitrogens is 5. The smallest absolute Gasteiger partial charge is 0.166 e. The summed E-state index contributed by atoms with van der Waals surface area (Å²) in [6, 6.07) is 84.2. The van der Waals surface area contributed by atoms with Gasteiger partial charge in [0.05, 0.1) is 68.3 Å². The average Bonchev–Trinajstić information content (AvgIpc) is 4.00. The first-order chi connectivity index (χ1) is 36.6. The van der Waals surface area contributed by atoms with Crippen molar-refractivity contribution in [3.63, 3.8) is 0 Å². The highest BCUT2D eigenvalue weighted by atomic mass is 15.1. The fraction of sp³-hybridized carbons (Fsp3) is 0. The van der Waals surface area contributed by atoms with Crippen molar-refractivity contribution in [3.8, 4) is 97.1 Å². The van der Waals surface area contributed by atoms with Gasteiger partial charge in [0, 0.05) is 38.2 Å². The van der Waals surface area contributed by atoms with Crippen molar-refractivity contribution in [2.75, 3.05) is 0 Å². The molecule has 3 aromatic heterocycles. The zero-order chi connectivity index (χ0) is 49.7. The lowest BCUT2D eigenvalue weighted by Gasteiger charge is -2.18. The van der Waals surface area contributed by atoms with Crippen LogP contribution in [0.5, 0.6) is 0 Å². The van der Waals surface area contributed by atoms with Crippen molar-refractivity contribution in [2.45, 2.75) is 0 Å². The predicted molar refractivity (Wildman–Crippen MR) is 295 cm³/mol. The fourth-order valence-corrected chi connectivity index (χ4v) is 10.6. The zero-order valence-electron chi connectivity index (χ0n) is 39.5. The van der Waals surface area contributed by atoms with Gasteiger partial charge in [0.2, 0.25) is 0 Å². The topological polar surface area (TPSA) is 120 Å².